The number of nitrogens with one attached hydrogen (secondary N) is 2. The summed E-state index contributed by atoms with van der Waals surface area (Å²) in [7, 11) is 1.53. The van der Waals surface area contributed by atoms with Gasteiger partial charge < -0.3 is 21.5 Å². The summed E-state index contributed by atoms with van der Waals surface area (Å²) < 4.78 is 0. The number of hydrogen-bond acceptors (Lipinski definition) is 4. The molecule has 10 nitrogen and oxygen atoms in total. The van der Waals surface area contributed by atoms with E-state index in [2.05, 4.69) is 25.7 Å². The molecule has 1 rings (SSSR count). The van der Waals surface area contributed by atoms with Gasteiger partial charge >= 0.3 is 5.97 Å². The van der Waals surface area contributed by atoms with Crippen molar-refractivity contribution in [3.05, 3.63) is 40.3 Å². The van der Waals surface area contributed by atoms with E-state index in [9.17, 15) is 14.7 Å². The lowest BCUT2D eigenvalue weighted by atomic mass is 10.1. The maximum absolute atomic E-state index is 12.1. The zero-order chi connectivity index (χ0) is 17.9. The molecule has 0 aliphatic rings. The summed E-state index contributed by atoms with van der Waals surface area (Å²) in [6.07, 6.45) is 0.702. The number of carboxylic acid groups (broad SMARTS) is 1. The van der Waals surface area contributed by atoms with E-state index in [0.29, 0.717) is 13.0 Å². The van der Waals surface area contributed by atoms with Gasteiger partial charge in [-0.3, -0.25) is 9.79 Å². The first-order valence-electron chi connectivity index (χ1n) is 7.13. The molecule has 1 atom stereocenters. The molecule has 10 heteroatoms. The first kappa shape index (κ1) is 18.8. The monoisotopic (exact) mass is 333 g/mol. The first-order valence-corrected chi connectivity index (χ1v) is 7.13. The number of aliphatic carboxylic acids is 1. The highest BCUT2D eigenvalue weighted by Gasteiger charge is 2.20. The number of carbonyl (C=O) groups excluding carboxylic acids is 1. The summed E-state index contributed by atoms with van der Waals surface area (Å²) in [5.74, 6) is -1.42. The lowest BCUT2D eigenvalue weighted by Gasteiger charge is -2.15. The molecule has 0 fully saturated rings. The molecule has 1 amide bonds. The summed E-state index contributed by atoms with van der Waals surface area (Å²) >= 11 is 0. The summed E-state index contributed by atoms with van der Waals surface area (Å²) in [4.78, 5) is 29.8. The van der Waals surface area contributed by atoms with Crippen LogP contribution >= 0.6 is 0 Å². The highest BCUT2D eigenvalue weighted by molar-refractivity contribution is 5.97. The van der Waals surface area contributed by atoms with Crippen molar-refractivity contribution in [3.63, 3.8) is 0 Å². The van der Waals surface area contributed by atoms with E-state index < -0.39 is 17.9 Å². The molecule has 0 unspecified atom stereocenters. The minimum absolute atomic E-state index is 0.214. The third kappa shape index (κ3) is 6.24. The first-order chi connectivity index (χ1) is 11.5. The van der Waals surface area contributed by atoms with Crippen LogP contribution in [0.15, 0.2) is 34.4 Å². The number of azide groups is 1. The standard InChI is InChI=1S/C14H19N7O3/c1-17-14(15)18-7-3-6-11(13(23)24)19-12(22)9-4-2-5-10(8-9)20-21-16/h2,4-5,8,11H,3,6-7H2,1H3,(H,19,22)(H,23,24)(H3,15,17,18)/t11-/m0/s1. The average molecular weight is 333 g/mol. The van der Waals surface area contributed by atoms with E-state index in [1.165, 1.54) is 25.2 Å². The van der Waals surface area contributed by atoms with Gasteiger partial charge in [0.1, 0.15) is 6.04 Å². The summed E-state index contributed by atoms with van der Waals surface area (Å²) in [6.45, 7) is 0.440. The quantitative estimate of drug-likeness (QED) is 0.139. The Morgan fingerprint density at radius 2 is 2.21 bits per heavy atom. The molecule has 0 aliphatic heterocycles. The van der Waals surface area contributed by atoms with Crippen LogP contribution in [0, 0.1) is 0 Å². The van der Waals surface area contributed by atoms with Crippen molar-refractivity contribution in [1.82, 2.24) is 10.6 Å². The number of benzene rings is 1. The molecule has 128 valence electrons. The molecule has 0 bridgehead atoms. The fourth-order valence-electron chi connectivity index (χ4n) is 1.86. The van der Waals surface area contributed by atoms with Crippen LogP contribution in [0.25, 0.3) is 10.4 Å². The van der Waals surface area contributed by atoms with Gasteiger partial charge in [-0.1, -0.05) is 17.2 Å². The third-order valence-electron chi connectivity index (χ3n) is 3.09. The number of carbonyl (C=O) groups is 2. The number of aliphatic imine (C=N–C) groups is 1. The van der Waals surface area contributed by atoms with Gasteiger partial charge in [-0.25, -0.2) is 4.79 Å². The minimum atomic E-state index is -1.13. The normalized spacial score (nSPS) is 12.0. The lowest BCUT2D eigenvalue weighted by molar-refractivity contribution is -0.139. The Hall–Kier alpha value is -3.26. The highest BCUT2D eigenvalue weighted by Crippen LogP contribution is 2.14. The molecule has 0 saturated heterocycles. The molecule has 24 heavy (non-hydrogen) atoms. The lowest BCUT2D eigenvalue weighted by Crippen LogP contribution is -2.41. The van der Waals surface area contributed by atoms with Crippen molar-refractivity contribution in [1.29, 1.82) is 0 Å². The minimum Gasteiger partial charge on any atom is -0.480 e. The Bertz CT molecular complexity index is 668. The third-order valence-corrected chi connectivity index (χ3v) is 3.09. The number of nitrogens with zero attached hydrogens (tertiary/aromatic N) is 4. The SMILES string of the molecule is CN=C(N)NCCC[C@H](NC(=O)c1cccc(N=[N+]=[N-])c1)C(=O)O. The molecule has 1 aromatic carbocycles. The molecule has 0 radical (unpaired) electrons. The maximum atomic E-state index is 12.1. The molecule has 0 saturated carbocycles. The Morgan fingerprint density at radius 3 is 2.83 bits per heavy atom. The van der Waals surface area contributed by atoms with Crippen LogP contribution in [-0.2, 0) is 4.79 Å². The molecular weight excluding hydrogens is 314 g/mol. The Kier molecular flexibility index (Phi) is 7.59. The van der Waals surface area contributed by atoms with Gasteiger partial charge in [-0.2, -0.15) is 0 Å². The van der Waals surface area contributed by atoms with Gasteiger partial charge in [0.25, 0.3) is 5.91 Å². The van der Waals surface area contributed by atoms with Crippen LogP contribution in [0.4, 0.5) is 5.69 Å². The molecule has 1 aromatic rings. The van der Waals surface area contributed by atoms with Gasteiger partial charge in [0.2, 0.25) is 0 Å². The van der Waals surface area contributed by atoms with Crippen LogP contribution < -0.4 is 16.4 Å². The number of hydrogen-bond donors (Lipinski definition) is 4. The number of rotatable bonds is 8. The summed E-state index contributed by atoms with van der Waals surface area (Å²) in [5.41, 5.74) is 14.4. The predicted molar refractivity (Wildman–Crippen MR) is 88.9 cm³/mol. The van der Waals surface area contributed by atoms with Gasteiger partial charge in [-0.15, -0.1) is 0 Å². The number of carboxylic acids is 1. The second-order valence-corrected chi connectivity index (χ2v) is 4.78. The fraction of sp³-hybridized carbons (Fsp3) is 0.357. The van der Waals surface area contributed by atoms with Crippen LogP contribution in [-0.4, -0.2) is 42.6 Å². The van der Waals surface area contributed by atoms with Crippen molar-refractivity contribution in [2.75, 3.05) is 13.6 Å². The average Bonchev–Trinajstić information content (AvgIpc) is 2.57. The molecule has 0 aliphatic carbocycles. The van der Waals surface area contributed by atoms with Gasteiger partial charge in [0.05, 0.1) is 0 Å². The molecular formula is C14H19N7O3. The van der Waals surface area contributed by atoms with Crippen LogP contribution in [0.3, 0.4) is 0 Å². The maximum Gasteiger partial charge on any atom is 0.326 e. The number of nitrogens with two attached hydrogens (primary N) is 1. The van der Waals surface area contributed by atoms with E-state index >= 15 is 0 Å². The highest BCUT2D eigenvalue weighted by atomic mass is 16.4. The molecule has 0 spiro atoms. The van der Waals surface area contributed by atoms with Gasteiger partial charge in [-0.05, 0) is 30.5 Å². The molecule has 0 aromatic heterocycles. The van der Waals surface area contributed by atoms with E-state index in [1.807, 2.05) is 0 Å². The number of guanidine groups is 1. The van der Waals surface area contributed by atoms with Crippen molar-refractivity contribution in [2.45, 2.75) is 18.9 Å². The zero-order valence-corrected chi connectivity index (χ0v) is 13.1. The molecule has 0 heterocycles. The van der Waals surface area contributed by atoms with Crippen LogP contribution in [0.2, 0.25) is 0 Å². The van der Waals surface area contributed by atoms with E-state index in [0.717, 1.165) is 0 Å². The van der Waals surface area contributed by atoms with E-state index in [-0.39, 0.29) is 23.6 Å². The van der Waals surface area contributed by atoms with Gasteiger partial charge in [0, 0.05) is 29.8 Å². The second kappa shape index (κ2) is 9.70. The Labute approximate surface area is 138 Å². The largest absolute Gasteiger partial charge is 0.480 e. The number of amides is 1. The second-order valence-electron chi connectivity index (χ2n) is 4.78. The summed E-state index contributed by atoms with van der Waals surface area (Å²) in [5, 5.41) is 17.9. The predicted octanol–water partition coefficient (Wildman–Crippen LogP) is 1.13. The van der Waals surface area contributed by atoms with E-state index in [4.69, 9.17) is 11.3 Å². The smallest absolute Gasteiger partial charge is 0.326 e. The van der Waals surface area contributed by atoms with Crippen LogP contribution in [0.5, 0.6) is 0 Å². The Morgan fingerprint density at radius 1 is 1.46 bits per heavy atom. The summed E-state index contributed by atoms with van der Waals surface area (Å²) in [6, 6.07) is 4.93. The van der Waals surface area contributed by atoms with Crippen LogP contribution in [0.1, 0.15) is 23.2 Å². The van der Waals surface area contributed by atoms with Crippen molar-refractivity contribution in [3.8, 4) is 0 Å². The van der Waals surface area contributed by atoms with Gasteiger partial charge in [0.15, 0.2) is 5.96 Å². The zero-order valence-electron chi connectivity index (χ0n) is 13.1. The fourth-order valence-corrected chi connectivity index (χ4v) is 1.86. The Balaban J connectivity index is 2.64. The topological polar surface area (TPSA) is 166 Å². The van der Waals surface area contributed by atoms with Crippen molar-refractivity contribution < 1.29 is 14.7 Å². The molecule has 5 N–H and O–H groups in total. The van der Waals surface area contributed by atoms with Crippen molar-refractivity contribution in [2.24, 2.45) is 15.8 Å². The van der Waals surface area contributed by atoms with Crippen molar-refractivity contribution >= 4 is 23.5 Å². The van der Waals surface area contributed by atoms with E-state index in [1.54, 1.807) is 6.07 Å².